The van der Waals surface area contributed by atoms with E-state index in [0.717, 1.165) is 37.5 Å². The third-order valence-electron chi connectivity index (χ3n) is 5.43. The topological polar surface area (TPSA) is 44.8 Å². The number of anilines is 2. The van der Waals surface area contributed by atoms with Gasteiger partial charge in [-0.3, -0.25) is 4.79 Å². The molecule has 2 aliphatic rings. The summed E-state index contributed by atoms with van der Waals surface area (Å²) >= 11 is 1.52. The molecule has 0 spiro atoms. The van der Waals surface area contributed by atoms with Gasteiger partial charge in [0.1, 0.15) is 0 Å². The minimum Gasteiger partial charge on any atom is -0.378 e. The van der Waals surface area contributed by atoms with E-state index in [1.807, 2.05) is 4.90 Å². The number of morpholine rings is 1. The third-order valence-corrected chi connectivity index (χ3v) is 6.37. The molecule has 1 N–H and O–H groups in total. The zero-order valence-electron chi connectivity index (χ0n) is 17.2. The standard InChI is InChI=1S/C21H30F3N3O2S/c22-21(23,24)17-5-6-19(27-9-12-29-13-10-27)18(15-17)25-20(28)16-30-14-11-26-7-3-1-2-4-8-26/h5-6,15H,1-4,7-14,16H2,(H,25,28). The monoisotopic (exact) mass is 445 g/mol. The number of benzene rings is 1. The van der Waals surface area contributed by atoms with Gasteiger partial charge in [0.2, 0.25) is 5.91 Å². The molecule has 2 fully saturated rings. The maximum absolute atomic E-state index is 13.2. The van der Waals surface area contributed by atoms with Crippen LogP contribution in [0, 0.1) is 0 Å². The minimum absolute atomic E-state index is 0.213. The number of ether oxygens (including phenoxy) is 1. The maximum Gasteiger partial charge on any atom is 0.416 e. The summed E-state index contributed by atoms with van der Waals surface area (Å²) in [5, 5.41) is 2.71. The van der Waals surface area contributed by atoms with Gasteiger partial charge in [-0.2, -0.15) is 24.9 Å². The zero-order chi connectivity index (χ0) is 21.4. The molecule has 1 aromatic rings. The van der Waals surface area contributed by atoms with Gasteiger partial charge in [0.25, 0.3) is 0 Å². The molecule has 0 aliphatic carbocycles. The molecule has 1 amide bonds. The summed E-state index contributed by atoms with van der Waals surface area (Å²) in [4.78, 5) is 16.8. The Morgan fingerprint density at radius 1 is 1.07 bits per heavy atom. The van der Waals surface area contributed by atoms with Crippen molar-refractivity contribution in [1.29, 1.82) is 0 Å². The van der Waals surface area contributed by atoms with Crippen LogP contribution < -0.4 is 10.2 Å². The van der Waals surface area contributed by atoms with Crippen LogP contribution in [-0.4, -0.2) is 68.3 Å². The van der Waals surface area contributed by atoms with E-state index in [2.05, 4.69) is 10.2 Å². The highest BCUT2D eigenvalue weighted by molar-refractivity contribution is 7.99. The fraction of sp³-hybridized carbons (Fsp3) is 0.667. The highest BCUT2D eigenvalue weighted by Gasteiger charge is 2.32. The first-order valence-electron chi connectivity index (χ1n) is 10.6. The molecule has 0 atom stereocenters. The Kier molecular flexibility index (Phi) is 8.71. The zero-order valence-corrected chi connectivity index (χ0v) is 18.0. The van der Waals surface area contributed by atoms with Crippen LogP contribution in [0.1, 0.15) is 31.2 Å². The highest BCUT2D eigenvalue weighted by atomic mass is 32.2. The fourth-order valence-corrected chi connectivity index (χ4v) is 4.59. The first-order valence-corrected chi connectivity index (χ1v) is 11.7. The first kappa shape index (κ1) is 23.2. The molecule has 5 nitrogen and oxygen atoms in total. The minimum atomic E-state index is -4.45. The van der Waals surface area contributed by atoms with E-state index >= 15 is 0 Å². The molecule has 2 aliphatic heterocycles. The number of hydrogen-bond donors (Lipinski definition) is 1. The van der Waals surface area contributed by atoms with Crippen molar-refractivity contribution in [2.75, 3.05) is 67.7 Å². The van der Waals surface area contributed by atoms with Gasteiger partial charge in [-0.15, -0.1) is 0 Å². The van der Waals surface area contributed by atoms with E-state index in [1.54, 1.807) is 0 Å². The van der Waals surface area contributed by atoms with Crippen molar-refractivity contribution in [2.24, 2.45) is 0 Å². The summed E-state index contributed by atoms with van der Waals surface area (Å²) in [6, 6.07) is 3.54. The van der Waals surface area contributed by atoms with E-state index in [1.165, 1.54) is 43.5 Å². The number of nitrogens with one attached hydrogen (secondary N) is 1. The number of alkyl halides is 3. The SMILES string of the molecule is O=C(CSCCN1CCCCCC1)Nc1cc(C(F)(F)F)ccc1N1CCOCC1. The highest BCUT2D eigenvalue weighted by Crippen LogP contribution is 2.35. The van der Waals surface area contributed by atoms with Crippen LogP contribution in [0.2, 0.25) is 0 Å². The summed E-state index contributed by atoms with van der Waals surface area (Å²) in [5.41, 5.74) is 0.0580. The molecule has 0 bridgehead atoms. The molecule has 3 rings (SSSR count). The lowest BCUT2D eigenvalue weighted by Gasteiger charge is -2.31. The van der Waals surface area contributed by atoms with E-state index in [9.17, 15) is 18.0 Å². The number of thioether (sulfide) groups is 1. The molecule has 168 valence electrons. The van der Waals surface area contributed by atoms with Crippen molar-refractivity contribution in [3.05, 3.63) is 23.8 Å². The number of carbonyl (C=O) groups is 1. The molecule has 1 aromatic carbocycles. The van der Waals surface area contributed by atoms with Gasteiger partial charge in [0.05, 0.1) is 35.9 Å². The number of amides is 1. The predicted octanol–water partition coefficient (Wildman–Crippen LogP) is 4.09. The molecule has 9 heteroatoms. The third kappa shape index (κ3) is 7.06. The normalized spacial score (nSPS) is 18.8. The number of halogens is 3. The van der Waals surface area contributed by atoms with E-state index in [4.69, 9.17) is 4.74 Å². The summed E-state index contributed by atoms with van der Waals surface area (Å²) < 4.78 is 44.9. The van der Waals surface area contributed by atoms with Crippen LogP contribution in [0.5, 0.6) is 0 Å². The summed E-state index contributed by atoms with van der Waals surface area (Å²) in [6.07, 6.45) is 0.573. The van der Waals surface area contributed by atoms with Crippen molar-refractivity contribution in [1.82, 2.24) is 4.90 Å². The van der Waals surface area contributed by atoms with Gasteiger partial charge in [-0.1, -0.05) is 12.8 Å². The van der Waals surface area contributed by atoms with Crippen LogP contribution in [0.3, 0.4) is 0 Å². The second-order valence-electron chi connectivity index (χ2n) is 7.69. The number of likely N-dealkylation sites (tertiary alicyclic amines) is 1. The molecule has 0 radical (unpaired) electrons. The predicted molar refractivity (Wildman–Crippen MR) is 115 cm³/mol. The number of nitrogens with zero attached hydrogens (tertiary/aromatic N) is 2. The van der Waals surface area contributed by atoms with Gasteiger partial charge in [-0.25, -0.2) is 0 Å². The molecule has 0 saturated carbocycles. The lowest BCUT2D eigenvalue weighted by Crippen LogP contribution is -2.37. The van der Waals surface area contributed by atoms with Crippen molar-refractivity contribution in [3.63, 3.8) is 0 Å². The quantitative estimate of drug-likeness (QED) is 0.641. The van der Waals surface area contributed by atoms with Crippen molar-refractivity contribution in [3.8, 4) is 0 Å². The van der Waals surface area contributed by atoms with Crippen molar-refractivity contribution in [2.45, 2.75) is 31.9 Å². The maximum atomic E-state index is 13.2. The molecule has 2 saturated heterocycles. The summed E-state index contributed by atoms with van der Waals surface area (Å²) in [6.45, 7) is 5.36. The average molecular weight is 446 g/mol. The van der Waals surface area contributed by atoms with Crippen LogP contribution in [0.25, 0.3) is 0 Å². The Balaban J connectivity index is 1.56. The van der Waals surface area contributed by atoms with Gasteiger partial charge in [0, 0.05) is 25.4 Å². The Morgan fingerprint density at radius 3 is 2.43 bits per heavy atom. The summed E-state index contributed by atoms with van der Waals surface area (Å²) in [7, 11) is 0. The number of hydrogen-bond acceptors (Lipinski definition) is 5. The Labute approximate surface area is 180 Å². The van der Waals surface area contributed by atoms with Gasteiger partial charge < -0.3 is 19.9 Å². The second kappa shape index (κ2) is 11.2. The smallest absolute Gasteiger partial charge is 0.378 e. The number of rotatable bonds is 7. The van der Waals surface area contributed by atoms with Crippen LogP contribution in [0.15, 0.2) is 18.2 Å². The van der Waals surface area contributed by atoms with Crippen molar-refractivity contribution >= 4 is 29.0 Å². The van der Waals surface area contributed by atoms with Gasteiger partial charge in [-0.05, 0) is 44.1 Å². The Bertz CT molecular complexity index is 689. The van der Waals surface area contributed by atoms with E-state index < -0.39 is 11.7 Å². The Hall–Kier alpha value is -1.45. The second-order valence-corrected chi connectivity index (χ2v) is 8.79. The van der Waals surface area contributed by atoms with E-state index in [0.29, 0.717) is 32.0 Å². The van der Waals surface area contributed by atoms with Crippen LogP contribution >= 0.6 is 11.8 Å². The largest absolute Gasteiger partial charge is 0.416 e. The van der Waals surface area contributed by atoms with E-state index in [-0.39, 0.29) is 17.3 Å². The molecule has 0 unspecified atom stereocenters. The molecular formula is C21H30F3N3O2S. The average Bonchev–Trinajstić information content (AvgIpc) is 3.00. The fourth-order valence-electron chi connectivity index (χ4n) is 3.80. The molecule has 0 aromatic heterocycles. The molecular weight excluding hydrogens is 415 g/mol. The van der Waals surface area contributed by atoms with Gasteiger partial charge in [0.15, 0.2) is 0 Å². The van der Waals surface area contributed by atoms with Gasteiger partial charge >= 0.3 is 6.18 Å². The molecule has 2 heterocycles. The van der Waals surface area contributed by atoms with Crippen molar-refractivity contribution < 1.29 is 22.7 Å². The van der Waals surface area contributed by atoms with Crippen LogP contribution in [0.4, 0.5) is 24.5 Å². The lowest BCUT2D eigenvalue weighted by molar-refractivity contribution is -0.137. The lowest BCUT2D eigenvalue weighted by atomic mass is 10.1. The number of carbonyl (C=O) groups excluding carboxylic acids is 1. The molecule has 30 heavy (non-hydrogen) atoms. The van der Waals surface area contributed by atoms with Crippen LogP contribution in [-0.2, 0) is 15.7 Å². The summed E-state index contributed by atoms with van der Waals surface area (Å²) in [5.74, 6) is 0.795. The Morgan fingerprint density at radius 2 is 1.77 bits per heavy atom. The first-order chi connectivity index (χ1) is 14.4.